The molecule has 68 valence electrons. The van der Waals surface area contributed by atoms with E-state index in [2.05, 4.69) is 5.32 Å². The van der Waals surface area contributed by atoms with Crippen LogP contribution in [0.5, 0.6) is 0 Å². The average molecular weight is 170 g/mol. The van der Waals surface area contributed by atoms with Crippen molar-refractivity contribution in [1.29, 1.82) is 0 Å². The van der Waals surface area contributed by atoms with Gasteiger partial charge in [-0.3, -0.25) is 0 Å². The smallest absolute Gasteiger partial charge is 0.329 e. The first kappa shape index (κ1) is 10.7. The van der Waals surface area contributed by atoms with E-state index in [0.29, 0.717) is 0 Å². The summed E-state index contributed by atoms with van der Waals surface area (Å²) in [7, 11) is 0. The molecule has 1 atom stereocenters. The van der Waals surface area contributed by atoms with Crippen molar-refractivity contribution in [1.82, 2.24) is 5.32 Å². The van der Waals surface area contributed by atoms with Crippen molar-refractivity contribution in [3.05, 3.63) is 0 Å². The summed E-state index contributed by atoms with van der Waals surface area (Å²) < 4.78 is 35.8. The van der Waals surface area contributed by atoms with Crippen LogP contribution in [0.25, 0.3) is 0 Å². The molecule has 0 bridgehead atoms. The Labute approximate surface area is 64.0 Å². The molecule has 0 amide bonds. The van der Waals surface area contributed by atoms with Crippen molar-refractivity contribution in [2.24, 2.45) is 5.73 Å². The van der Waals surface area contributed by atoms with Crippen molar-refractivity contribution >= 4 is 0 Å². The number of rotatable bonds is 4. The second kappa shape index (κ2) is 4.56. The van der Waals surface area contributed by atoms with E-state index in [1.165, 1.54) is 6.92 Å². The number of nitrogens with one attached hydrogen (secondary N) is 1. The van der Waals surface area contributed by atoms with Gasteiger partial charge in [-0.25, -0.2) is 0 Å². The number of hydrogen-bond donors (Lipinski definition) is 2. The van der Waals surface area contributed by atoms with Crippen molar-refractivity contribution in [2.75, 3.05) is 13.1 Å². The van der Waals surface area contributed by atoms with Crippen LogP contribution in [0.4, 0.5) is 13.2 Å². The normalized spacial score (nSPS) is 15.0. The Hall–Kier alpha value is -0.290. The maximum atomic E-state index is 11.9. The maximum absolute atomic E-state index is 11.9. The summed E-state index contributed by atoms with van der Waals surface area (Å²) in [6.07, 6.45) is -4.10. The van der Waals surface area contributed by atoms with Crippen LogP contribution in [-0.2, 0) is 0 Å². The standard InChI is InChI=1S/C6H13F3N2/c1-2-5(6(7,8)9)11-4-3-10/h5,11H,2-4,10H2,1H3. The Morgan fingerprint density at radius 3 is 2.27 bits per heavy atom. The van der Waals surface area contributed by atoms with Crippen molar-refractivity contribution in [2.45, 2.75) is 25.6 Å². The van der Waals surface area contributed by atoms with Crippen LogP contribution in [0, 0.1) is 0 Å². The molecule has 0 heterocycles. The third-order valence-electron chi connectivity index (χ3n) is 1.34. The predicted molar refractivity (Wildman–Crippen MR) is 37.2 cm³/mol. The number of nitrogens with two attached hydrogens (primary N) is 1. The fourth-order valence-electron chi connectivity index (χ4n) is 0.749. The first-order valence-electron chi connectivity index (χ1n) is 3.52. The monoisotopic (exact) mass is 170 g/mol. The molecule has 0 aromatic heterocycles. The molecular weight excluding hydrogens is 157 g/mol. The Balaban J connectivity index is 3.76. The minimum absolute atomic E-state index is 0.0451. The van der Waals surface area contributed by atoms with Gasteiger partial charge in [0, 0.05) is 13.1 Å². The zero-order chi connectivity index (χ0) is 8.91. The quantitative estimate of drug-likeness (QED) is 0.657. The maximum Gasteiger partial charge on any atom is 0.403 e. The molecule has 3 N–H and O–H groups in total. The van der Waals surface area contributed by atoms with Gasteiger partial charge in [-0.1, -0.05) is 6.92 Å². The molecule has 0 aliphatic carbocycles. The van der Waals surface area contributed by atoms with Crippen molar-refractivity contribution in [3.8, 4) is 0 Å². The second-order valence-corrected chi connectivity index (χ2v) is 2.25. The summed E-state index contributed by atoms with van der Waals surface area (Å²) in [5.74, 6) is 0. The Morgan fingerprint density at radius 2 is 2.00 bits per heavy atom. The van der Waals surface area contributed by atoms with Crippen LogP contribution >= 0.6 is 0 Å². The largest absolute Gasteiger partial charge is 0.403 e. The topological polar surface area (TPSA) is 38.0 Å². The van der Waals surface area contributed by atoms with Crippen molar-refractivity contribution < 1.29 is 13.2 Å². The van der Waals surface area contributed by atoms with Crippen LogP contribution in [0.1, 0.15) is 13.3 Å². The fraction of sp³-hybridized carbons (Fsp3) is 1.00. The van der Waals surface area contributed by atoms with Gasteiger partial charge in [0.1, 0.15) is 6.04 Å². The van der Waals surface area contributed by atoms with E-state index in [1.54, 1.807) is 0 Å². The second-order valence-electron chi connectivity index (χ2n) is 2.25. The van der Waals surface area contributed by atoms with Gasteiger partial charge in [0.15, 0.2) is 0 Å². The van der Waals surface area contributed by atoms with Crippen LogP contribution in [-0.4, -0.2) is 25.3 Å². The van der Waals surface area contributed by atoms with E-state index in [1.807, 2.05) is 0 Å². The van der Waals surface area contributed by atoms with E-state index < -0.39 is 12.2 Å². The highest BCUT2D eigenvalue weighted by molar-refractivity contribution is 4.72. The number of hydrogen-bond acceptors (Lipinski definition) is 2. The molecule has 0 aromatic rings. The van der Waals surface area contributed by atoms with E-state index in [0.717, 1.165) is 0 Å². The van der Waals surface area contributed by atoms with Crippen molar-refractivity contribution in [3.63, 3.8) is 0 Å². The van der Waals surface area contributed by atoms with E-state index >= 15 is 0 Å². The van der Waals surface area contributed by atoms with Gasteiger partial charge in [0.2, 0.25) is 0 Å². The third-order valence-corrected chi connectivity index (χ3v) is 1.34. The van der Waals surface area contributed by atoms with E-state index in [9.17, 15) is 13.2 Å². The van der Waals surface area contributed by atoms with Gasteiger partial charge >= 0.3 is 6.18 Å². The summed E-state index contributed by atoms with van der Waals surface area (Å²) in [5.41, 5.74) is 5.04. The lowest BCUT2D eigenvalue weighted by atomic mass is 10.2. The highest BCUT2D eigenvalue weighted by Gasteiger charge is 2.37. The van der Waals surface area contributed by atoms with Gasteiger partial charge in [0.25, 0.3) is 0 Å². The molecule has 5 heteroatoms. The zero-order valence-electron chi connectivity index (χ0n) is 6.41. The first-order valence-corrected chi connectivity index (χ1v) is 3.52. The molecule has 0 aliphatic rings. The summed E-state index contributed by atoms with van der Waals surface area (Å²) in [4.78, 5) is 0. The highest BCUT2D eigenvalue weighted by Crippen LogP contribution is 2.21. The molecular formula is C6H13F3N2. The molecule has 0 rings (SSSR count). The average Bonchev–Trinajstić information content (AvgIpc) is 1.87. The molecule has 0 fully saturated rings. The molecule has 0 radical (unpaired) electrons. The van der Waals surface area contributed by atoms with Crippen LogP contribution in [0.2, 0.25) is 0 Å². The van der Waals surface area contributed by atoms with Gasteiger partial charge in [-0.2, -0.15) is 13.2 Å². The van der Waals surface area contributed by atoms with Crippen LogP contribution in [0.3, 0.4) is 0 Å². The molecule has 0 spiro atoms. The Morgan fingerprint density at radius 1 is 1.45 bits per heavy atom. The SMILES string of the molecule is CCC(NCCN)C(F)(F)F. The lowest BCUT2D eigenvalue weighted by molar-refractivity contribution is -0.156. The molecule has 2 nitrogen and oxygen atoms in total. The Kier molecular flexibility index (Phi) is 4.44. The van der Waals surface area contributed by atoms with Gasteiger partial charge in [0.05, 0.1) is 0 Å². The van der Waals surface area contributed by atoms with Gasteiger partial charge < -0.3 is 11.1 Å². The third kappa shape index (κ3) is 4.21. The summed E-state index contributed by atoms with van der Waals surface area (Å²) in [6.45, 7) is 1.92. The number of halogens is 3. The summed E-state index contributed by atoms with van der Waals surface area (Å²) in [5, 5.41) is 2.31. The molecule has 11 heavy (non-hydrogen) atoms. The number of alkyl halides is 3. The zero-order valence-corrected chi connectivity index (χ0v) is 6.41. The van der Waals surface area contributed by atoms with Gasteiger partial charge in [-0.05, 0) is 6.42 Å². The summed E-state index contributed by atoms with van der Waals surface area (Å²) >= 11 is 0. The summed E-state index contributed by atoms with van der Waals surface area (Å²) in [6, 6.07) is -1.41. The molecule has 0 aromatic carbocycles. The van der Waals surface area contributed by atoms with Gasteiger partial charge in [-0.15, -0.1) is 0 Å². The first-order chi connectivity index (χ1) is 5.02. The minimum atomic E-state index is -4.15. The molecule has 0 aliphatic heterocycles. The minimum Gasteiger partial charge on any atom is -0.329 e. The van der Waals surface area contributed by atoms with Crippen LogP contribution in [0.15, 0.2) is 0 Å². The fourth-order valence-corrected chi connectivity index (χ4v) is 0.749. The lowest BCUT2D eigenvalue weighted by Gasteiger charge is -2.19. The lowest BCUT2D eigenvalue weighted by Crippen LogP contribution is -2.43. The molecule has 0 saturated carbocycles. The highest BCUT2D eigenvalue weighted by atomic mass is 19.4. The predicted octanol–water partition coefficient (Wildman–Crippen LogP) is 0.876. The van der Waals surface area contributed by atoms with E-state index in [4.69, 9.17) is 5.73 Å². The molecule has 1 unspecified atom stereocenters. The Bertz CT molecular complexity index is 102. The van der Waals surface area contributed by atoms with E-state index in [-0.39, 0.29) is 19.5 Å². The van der Waals surface area contributed by atoms with Crippen LogP contribution < -0.4 is 11.1 Å². The molecule has 0 saturated heterocycles.